The number of halogens is 1. The Morgan fingerprint density at radius 1 is 1.21 bits per heavy atom. The number of phenolic OH excluding ortho intramolecular Hbond substituents is 1. The second-order valence-corrected chi connectivity index (χ2v) is 6.65. The number of aromatic hydroxyl groups is 1. The van der Waals surface area contributed by atoms with Crippen molar-refractivity contribution in [2.75, 3.05) is 0 Å². The Hall–Kier alpha value is -2.07. The summed E-state index contributed by atoms with van der Waals surface area (Å²) in [4.78, 5) is 13.2. The van der Waals surface area contributed by atoms with Crippen molar-refractivity contribution in [2.24, 2.45) is 0 Å². The average molecular weight is 387 g/mol. The van der Waals surface area contributed by atoms with Gasteiger partial charge in [-0.05, 0) is 46.1 Å². The molecule has 0 saturated carbocycles. The van der Waals surface area contributed by atoms with Crippen molar-refractivity contribution in [3.63, 3.8) is 0 Å². The van der Waals surface area contributed by atoms with Gasteiger partial charge in [0.2, 0.25) is 0 Å². The zero-order valence-electron chi connectivity index (χ0n) is 13.7. The molecule has 0 aliphatic carbocycles. The molecule has 1 aromatic heterocycles. The number of carbonyl (C=O) groups excluding carboxylic acids is 1. The molecule has 124 valence electrons. The average Bonchev–Trinajstić information content (AvgIpc) is 2.96. The fraction of sp³-hybridized carbons (Fsp3) is 0.250. The molecular weight excluding hydrogens is 368 g/mol. The molecule has 0 amide bonds. The van der Waals surface area contributed by atoms with Crippen LogP contribution in [0, 0.1) is 0 Å². The number of hydrogen-bond acceptors (Lipinski definition) is 3. The van der Waals surface area contributed by atoms with Gasteiger partial charge in [0.05, 0.1) is 10.0 Å². The molecule has 3 rings (SSSR count). The lowest BCUT2D eigenvalue weighted by Gasteiger charge is -2.09. The fourth-order valence-corrected chi connectivity index (χ4v) is 3.49. The largest absolute Gasteiger partial charge is 0.506 e. The van der Waals surface area contributed by atoms with Gasteiger partial charge in [-0.1, -0.05) is 38.5 Å². The van der Waals surface area contributed by atoms with E-state index in [0.717, 1.165) is 29.4 Å². The van der Waals surface area contributed by atoms with Crippen LogP contribution in [0.3, 0.4) is 0 Å². The molecule has 1 heterocycles. The van der Waals surface area contributed by atoms with Gasteiger partial charge in [0.25, 0.3) is 0 Å². The molecule has 4 heteroatoms. The number of hydrogen-bond donors (Lipinski definition) is 1. The van der Waals surface area contributed by atoms with E-state index >= 15 is 0 Å². The summed E-state index contributed by atoms with van der Waals surface area (Å²) in [5.41, 5.74) is 2.68. The first-order valence-corrected chi connectivity index (χ1v) is 8.92. The van der Waals surface area contributed by atoms with Crippen molar-refractivity contribution in [3.8, 4) is 5.75 Å². The lowest BCUT2D eigenvalue weighted by atomic mass is 9.96. The molecule has 24 heavy (non-hydrogen) atoms. The first-order chi connectivity index (χ1) is 11.6. The van der Waals surface area contributed by atoms with Crippen molar-refractivity contribution in [1.29, 1.82) is 0 Å². The zero-order valence-corrected chi connectivity index (χ0v) is 15.3. The number of phenols is 1. The lowest BCUT2D eigenvalue weighted by Crippen LogP contribution is -2.05. The predicted molar refractivity (Wildman–Crippen MR) is 98.8 cm³/mol. The molecule has 0 atom stereocenters. The molecule has 0 radical (unpaired) electrons. The van der Waals surface area contributed by atoms with Gasteiger partial charge < -0.3 is 9.52 Å². The van der Waals surface area contributed by atoms with Crippen molar-refractivity contribution in [1.82, 2.24) is 0 Å². The van der Waals surface area contributed by atoms with Crippen LogP contribution < -0.4 is 0 Å². The Kier molecular flexibility index (Phi) is 4.76. The molecule has 1 N–H and O–H groups in total. The Bertz CT molecular complexity index is 909. The van der Waals surface area contributed by atoms with E-state index in [0.29, 0.717) is 27.8 Å². The van der Waals surface area contributed by atoms with E-state index in [1.807, 2.05) is 38.1 Å². The highest BCUT2D eigenvalue weighted by molar-refractivity contribution is 9.10. The summed E-state index contributed by atoms with van der Waals surface area (Å²) in [6.45, 7) is 4.02. The van der Waals surface area contributed by atoms with Gasteiger partial charge in [0.1, 0.15) is 17.1 Å². The van der Waals surface area contributed by atoms with Crippen LogP contribution in [0.4, 0.5) is 0 Å². The number of fused-ring (bicyclic) bond motifs is 1. The minimum atomic E-state index is -0.0742. The van der Waals surface area contributed by atoms with E-state index in [-0.39, 0.29) is 11.5 Å². The second-order valence-electron chi connectivity index (χ2n) is 5.79. The van der Waals surface area contributed by atoms with Crippen LogP contribution in [0.5, 0.6) is 5.75 Å². The summed E-state index contributed by atoms with van der Waals surface area (Å²) in [5.74, 6) is 0.832. The molecule has 0 unspecified atom stereocenters. The number of ketones is 1. The van der Waals surface area contributed by atoms with E-state index in [4.69, 9.17) is 4.42 Å². The fourth-order valence-electron chi connectivity index (χ4n) is 2.99. The first kappa shape index (κ1) is 16.8. The van der Waals surface area contributed by atoms with Crippen molar-refractivity contribution in [3.05, 3.63) is 63.3 Å². The van der Waals surface area contributed by atoms with Crippen LogP contribution in [0.15, 0.2) is 45.3 Å². The molecule has 0 spiro atoms. The van der Waals surface area contributed by atoms with Crippen molar-refractivity contribution >= 4 is 32.7 Å². The van der Waals surface area contributed by atoms with Crippen LogP contribution >= 0.6 is 15.9 Å². The quantitative estimate of drug-likeness (QED) is 0.576. The van der Waals surface area contributed by atoms with Gasteiger partial charge >= 0.3 is 0 Å². The number of carbonyl (C=O) groups is 1. The van der Waals surface area contributed by atoms with Gasteiger partial charge in [-0.25, -0.2) is 0 Å². The Morgan fingerprint density at radius 2 is 1.96 bits per heavy atom. The van der Waals surface area contributed by atoms with E-state index in [1.54, 1.807) is 12.1 Å². The molecule has 3 aromatic rings. The first-order valence-electron chi connectivity index (χ1n) is 8.13. The molecule has 0 bridgehead atoms. The monoisotopic (exact) mass is 386 g/mol. The smallest absolute Gasteiger partial charge is 0.197 e. The summed E-state index contributed by atoms with van der Waals surface area (Å²) in [6.07, 6.45) is 2.27. The SMILES string of the molecule is CCCc1cc(C(=O)c2c(CC)oc3ccccc23)cc(Br)c1O. The topological polar surface area (TPSA) is 50.4 Å². The van der Waals surface area contributed by atoms with Gasteiger partial charge in [0.15, 0.2) is 5.78 Å². The maximum Gasteiger partial charge on any atom is 0.197 e. The highest BCUT2D eigenvalue weighted by atomic mass is 79.9. The molecule has 2 aromatic carbocycles. The number of rotatable bonds is 5. The van der Waals surface area contributed by atoms with Gasteiger partial charge in [0, 0.05) is 17.4 Å². The summed E-state index contributed by atoms with van der Waals surface area (Å²) < 4.78 is 6.38. The zero-order chi connectivity index (χ0) is 17.3. The van der Waals surface area contributed by atoms with E-state index in [9.17, 15) is 9.90 Å². The molecule has 0 fully saturated rings. The number of aryl methyl sites for hydroxylation is 2. The van der Waals surface area contributed by atoms with E-state index in [2.05, 4.69) is 15.9 Å². The summed E-state index contributed by atoms with van der Waals surface area (Å²) >= 11 is 3.36. The van der Waals surface area contributed by atoms with Crippen LogP contribution in [0.25, 0.3) is 11.0 Å². The summed E-state index contributed by atoms with van der Waals surface area (Å²) in [6, 6.07) is 11.1. The lowest BCUT2D eigenvalue weighted by molar-refractivity contribution is 0.103. The van der Waals surface area contributed by atoms with E-state index < -0.39 is 0 Å². The second kappa shape index (κ2) is 6.81. The van der Waals surface area contributed by atoms with Crippen LogP contribution in [-0.2, 0) is 12.8 Å². The van der Waals surface area contributed by atoms with Crippen LogP contribution in [0.2, 0.25) is 0 Å². The minimum Gasteiger partial charge on any atom is -0.506 e. The Balaban J connectivity index is 2.16. The third kappa shape index (κ3) is 2.86. The van der Waals surface area contributed by atoms with Crippen molar-refractivity contribution < 1.29 is 14.3 Å². The number of furan rings is 1. The Morgan fingerprint density at radius 3 is 2.67 bits per heavy atom. The van der Waals surface area contributed by atoms with Gasteiger partial charge in [-0.15, -0.1) is 0 Å². The Labute approximate surface area is 149 Å². The molecule has 0 aliphatic heterocycles. The maximum absolute atomic E-state index is 13.2. The van der Waals surface area contributed by atoms with E-state index in [1.165, 1.54) is 0 Å². The third-order valence-corrected chi connectivity index (χ3v) is 4.74. The standard InChI is InChI=1S/C20H19BrO3/c1-3-7-12-10-13(11-15(21)19(12)22)20(23)18-14-8-5-6-9-17(14)24-16(18)4-2/h5-6,8-11,22H,3-4,7H2,1-2H3. The molecule has 0 saturated heterocycles. The number of para-hydroxylation sites is 1. The number of benzene rings is 2. The van der Waals surface area contributed by atoms with Crippen LogP contribution in [0.1, 0.15) is 47.5 Å². The molecular formula is C20H19BrO3. The third-order valence-electron chi connectivity index (χ3n) is 4.14. The maximum atomic E-state index is 13.2. The predicted octanol–water partition coefficient (Wildman–Crippen LogP) is 5.65. The summed E-state index contributed by atoms with van der Waals surface area (Å²) in [7, 11) is 0. The van der Waals surface area contributed by atoms with Gasteiger partial charge in [-0.3, -0.25) is 4.79 Å². The molecule has 0 aliphatic rings. The van der Waals surface area contributed by atoms with Crippen LogP contribution in [-0.4, -0.2) is 10.9 Å². The van der Waals surface area contributed by atoms with Crippen molar-refractivity contribution in [2.45, 2.75) is 33.1 Å². The van der Waals surface area contributed by atoms with Gasteiger partial charge in [-0.2, -0.15) is 0 Å². The minimum absolute atomic E-state index is 0.0742. The highest BCUT2D eigenvalue weighted by Crippen LogP contribution is 2.33. The summed E-state index contributed by atoms with van der Waals surface area (Å²) in [5, 5.41) is 11.0. The molecule has 3 nitrogen and oxygen atoms in total. The normalized spacial score (nSPS) is 11.1. The highest BCUT2D eigenvalue weighted by Gasteiger charge is 2.22.